The van der Waals surface area contributed by atoms with Gasteiger partial charge < -0.3 is 10.0 Å². The second-order valence-electron chi connectivity index (χ2n) is 6.04. The molecule has 0 amide bonds. The molecule has 3 nitrogen and oxygen atoms in total. The van der Waals surface area contributed by atoms with Crippen molar-refractivity contribution >= 4 is 17.7 Å². The topological polar surface area (TPSA) is 40.5 Å². The molecule has 1 aromatic rings. The van der Waals surface area contributed by atoms with Crippen molar-refractivity contribution in [3.63, 3.8) is 0 Å². The summed E-state index contributed by atoms with van der Waals surface area (Å²) in [5, 5.41) is 8.76. The van der Waals surface area contributed by atoms with Crippen LogP contribution in [0.4, 0.5) is 10.1 Å². The summed E-state index contributed by atoms with van der Waals surface area (Å²) in [5.41, 5.74) is 1.08. The molecule has 1 aromatic carbocycles. The highest BCUT2D eigenvalue weighted by Gasteiger charge is 2.15. The van der Waals surface area contributed by atoms with Crippen LogP contribution in [0.3, 0.4) is 0 Å². The van der Waals surface area contributed by atoms with Gasteiger partial charge in [-0.1, -0.05) is 33.8 Å². The number of nitrogens with zero attached hydrogens (tertiary/aromatic N) is 1. The third-order valence-corrected chi connectivity index (χ3v) is 2.93. The second kappa shape index (κ2) is 7.81. The molecule has 0 aliphatic rings. The van der Waals surface area contributed by atoms with Gasteiger partial charge in [-0.05, 0) is 30.0 Å². The molecule has 1 N–H and O–H groups in total. The van der Waals surface area contributed by atoms with Crippen LogP contribution in [0.2, 0.25) is 0 Å². The number of carboxylic acid groups (broad SMARTS) is 1. The van der Waals surface area contributed by atoms with Crippen LogP contribution in [-0.4, -0.2) is 24.2 Å². The molecule has 0 atom stereocenters. The molecule has 0 saturated heterocycles. The molecule has 21 heavy (non-hydrogen) atoms. The lowest BCUT2D eigenvalue weighted by Crippen LogP contribution is -2.32. The lowest BCUT2D eigenvalue weighted by atomic mass is 10.1. The van der Waals surface area contributed by atoms with Gasteiger partial charge in [-0.15, -0.1) is 0 Å². The Morgan fingerprint density at radius 3 is 2.29 bits per heavy atom. The molecule has 0 fully saturated rings. The number of anilines is 1. The van der Waals surface area contributed by atoms with Crippen LogP contribution in [-0.2, 0) is 4.79 Å². The smallest absolute Gasteiger partial charge is 0.328 e. The molecule has 0 aliphatic heterocycles. The first-order chi connectivity index (χ1) is 9.81. The molecule has 0 aliphatic carbocycles. The van der Waals surface area contributed by atoms with E-state index < -0.39 is 11.8 Å². The zero-order valence-electron chi connectivity index (χ0n) is 13.1. The van der Waals surface area contributed by atoms with Crippen molar-refractivity contribution in [2.75, 3.05) is 18.0 Å². The molecule has 1 rings (SSSR count). The number of aliphatic carboxylic acids is 1. The Bertz CT molecular complexity index is 500. The van der Waals surface area contributed by atoms with Gasteiger partial charge in [-0.2, -0.15) is 0 Å². The summed E-state index contributed by atoms with van der Waals surface area (Å²) < 4.78 is 14.1. The van der Waals surface area contributed by atoms with Crippen LogP contribution in [0.1, 0.15) is 33.3 Å². The van der Waals surface area contributed by atoms with Crippen molar-refractivity contribution in [2.45, 2.75) is 27.7 Å². The number of carbonyl (C=O) groups is 1. The molecular weight excluding hydrogens is 269 g/mol. The molecule has 0 unspecified atom stereocenters. The summed E-state index contributed by atoms with van der Waals surface area (Å²) in [6.07, 6.45) is 2.31. The lowest BCUT2D eigenvalue weighted by molar-refractivity contribution is -0.131. The van der Waals surface area contributed by atoms with Gasteiger partial charge in [0.1, 0.15) is 5.82 Å². The fourth-order valence-corrected chi connectivity index (χ4v) is 2.27. The number of halogens is 1. The minimum Gasteiger partial charge on any atom is -0.478 e. The highest BCUT2D eigenvalue weighted by molar-refractivity contribution is 5.87. The number of hydrogen-bond acceptors (Lipinski definition) is 2. The summed E-state index contributed by atoms with van der Waals surface area (Å²) in [6, 6.07) is 4.86. The van der Waals surface area contributed by atoms with E-state index in [1.54, 1.807) is 6.07 Å². The molecule has 0 saturated carbocycles. The fourth-order valence-electron chi connectivity index (χ4n) is 2.27. The van der Waals surface area contributed by atoms with E-state index in [0.717, 1.165) is 24.9 Å². The number of carboxylic acids is 1. The van der Waals surface area contributed by atoms with Crippen LogP contribution >= 0.6 is 0 Å². The fraction of sp³-hybridized carbons (Fsp3) is 0.471. The summed E-state index contributed by atoms with van der Waals surface area (Å²) >= 11 is 0. The van der Waals surface area contributed by atoms with Gasteiger partial charge in [0, 0.05) is 30.4 Å². The van der Waals surface area contributed by atoms with E-state index in [1.165, 1.54) is 12.1 Å². The Morgan fingerprint density at radius 2 is 1.81 bits per heavy atom. The largest absolute Gasteiger partial charge is 0.478 e. The summed E-state index contributed by atoms with van der Waals surface area (Å²) in [7, 11) is 0. The molecule has 0 heterocycles. The zero-order chi connectivity index (χ0) is 16.0. The number of hydrogen-bond donors (Lipinski definition) is 1. The molecule has 0 spiro atoms. The van der Waals surface area contributed by atoms with Gasteiger partial charge in [0.05, 0.1) is 0 Å². The molecule has 4 heteroatoms. The monoisotopic (exact) mass is 293 g/mol. The van der Waals surface area contributed by atoms with Gasteiger partial charge in [0.25, 0.3) is 0 Å². The van der Waals surface area contributed by atoms with Gasteiger partial charge in [-0.3, -0.25) is 0 Å². The average molecular weight is 293 g/mol. The maximum atomic E-state index is 14.1. The highest BCUT2D eigenvalue weighted by Crippen LogP contribution is 2.26. The van der Waals surface area contributed by atoms with E-state index in [2.05, 4.69) is 32.6 Å². The third-order valence-electron chi connectivity index (χ3n) is 2.93. The maximum absolute atomic E-state index is 14.1. The molecule has 116 valence electrons. The number of benzene rings is 1. The summed E-state index contributed by atoms with van der Waals surface area (Å²) in [6.45, 7) is 10.0. The van der Waals surface area contributed by atoms with E-state index in [1.807, 2.05) is 6.07 Å². The van der Waals surface area contributed by atoms with E-state index >= 15 is 0 Å². The predicted octanol–water partition coefficient (Wildman–Crippen LogP) is 4.04. The Hall–Kier alpha value is -1.84. The first kappa shape index (κ1) is 17.2. The van der Waals surface area contributed by atoms with Gasteiger partial charge in [0.15, 0.2) is 0 Å². The molecule has 0 bridgehead atoms. The maximum Gasteiger partial charge on any atom is 0.328 e. The second-order valence-corrected chi connectivity index (χ2v) is 6.04. The molecular formula is C17H24FNO2. The van der Waals surface area contributed by atoms with Crippen molar-refractivity contribution in [2.24, 2.45) is 11.8 Å². The first-order valence-corrected chi connectivity index (χ1v) is 7.25. The summed E-state index contributed by atoms with van der Waals surface area (Å²) in [5.74, 6) is -0.613. The van der Waals surface area contributed by atoms with Crippen LogP contribution in [0.15, 0.2) is 24.3 Å². The van der Waals surface area contributed by atoms with Crippen molar-refractivity contribution in [1.82, 2.24) is 0 Å². The van der Waals surface area contributed by atoms with Gasteiger partial charge in [-0.25, -0.2) is 9.18 Å². The Labute approximate surface area is 126 Å². The molecule has 0 radical (unpaired) electrons. The minimum absolute atomic E-state index is 0.334. The Balaban J connectivity index is 3.22. The van der Waals surface area contributed by atoms with Gasteiger partial charge in [0.2, 0.25) is 0 Å². The molecule has 0 aromatic heterocycles. The van der Waals surface area contributed by atoms with E-state index in [4.69, 9.17) is 5.11 Å². The van der Waals surface area contributed by atoms with Crippen LogP contribution < -0.4 is 4.90 Å². The normalized spacial score (nSPS) is 11.6. The first-order valence-electron chi connectivity index (χ1n) is 7.25. The van der Waals surface area contributed by atoms with Gasteiger partial charge >= 0.3 is 5.97 Å². The van der Waals surface area contributed by atoms with Crippen molar-refractivity contribution < 1.29 is 14.3 Å². The van der Waals surface area contributed by atoms with E-state index in [0.29, 0.717) is 17.4 Å². The van der Waals surface area contributed by atoms with Crippen molar-refractivity contribution in [3.8, 4) is 0 Å². The highest BCUT2D eigenvalue weighted by atomic mass is 19.1. The quantitative estimate of drug-likeness (QED) is 0.771. The van der Waals surface area contributed by atoms with E-state index in [-0.39, 0.29) is 0 Å². The van der Waals surface area contributed by atoms with Crippen LogP contribution in [0.25, 0.3) is 6.08 Å². The average Bonchev–Trinajstić information content (AvgIpc) is 2.34. The van der Waals surface area contributed by atoms with Crippen molar-refractivity contribution in [1.29, 1.82) is 0 Å². The van der Waals surface area contributed by atoms with Crippen molar-refractivity contribution in [3.05, 3.63) is 35.7 Å². The van der Waals surface area contributed by atoms with Crippen LogP contribution in [0.5, 0.6) is 0 Å². The Kier molecular flexibility index (Phi) is 6.40. The Morgan fingerprint density at radius 1 is 1.24 bits per heavy atom. The van der Waals surface area contributed by atoms with Crippen LogP contribution in [0, 0.1) is 17.7 Å². The lowest BCUT2D eigenvalue weighted by Gasteiger charge is -2.30. The number of rotatable bonds is 7. The van der Waals surface area contributed by atoms with E-state index in [9.17, 15) is 9.18 Å². The summed E-state index contributed by atoms with van der Waals surface area (Å²) in [4.78, 5) is 12.8. The third kappa shape index (κ3) is 5.58. The predicted molar refractivity (Wildman–Crippen MR) is 85.0 cm³/mol. The SMILES string of the molecule is CC(C)CN(CC(C)C)c1cccc(F)c1/C=C/C(=O)O. The zero-order valence-corrected chi connectivity index (χ0v) is 13.1. The minimum atomic E-state index is -1.08. The standard InChI is InChI=1S/C17H24FNO2/c1-12(2)10-19(11-13(3)4)16-7-5-6-15(18)14(16)8-9-17(20)21/h5-9,12-13H,10-11H2,1-4H3,(H,20,21)/b9-8+.